The van der Waals surface area contributed by atoms with E-state index in [1.54, 1.807) is 0 Å². The zero-order chi connectivity index (χ0) is 16.4. The molecule has 0 radical (unpaired) electrons. The lowest BCUT2D eigenvalue weighted by Gasteiger charge is -2.40. The average molecular weight is 322 g/mol. The van der Waals surface area contributed by atoms with Crippen molar-refractivity contribution in [2.24, 2.45) is 5.92 Å². The predicted octanol–water partition coefficient (Wildman–Crippen LogP) is 3.19. The first kappa shape index (κ1) is 16.4. The molecule has 1 unspecified atom stereocenters. The first-order valence-electron chi connectivity index (χ1n) is 8.47. The smallest absolute Gasteiger partial charge is 0.225 e. The van der Waals surface area contributed by atoms with Crippen LogP contribution >= 0.6 is 0 Å². The van der Waals surface area contributed by atoms with E-state index in [1.165, 1.54) is 12.1 Å². The Morgan fingerprint density at radius 1 is 1.17 bits per heavy atom. The van der Waals surface area contributed by atoms with E-state index in [1.807, 2.05) is 11.9 Å². The Balaban J connectivity index is 1.60. The summed E-state index contributed by atoms with van der Waals surface area (Å²) in [6, 6.07) is 3.87. The molecule has 1 aliphatic heterocycles. The number of amides is 1. The molecule has 1 atom stereocenters. The highest BCUT2D eigenvalue weighted by atomic mass is 19.1. The fourth-order valence-corrected chi connectivity index (χ4v) is 3.57. The highest BCUT2D eigenvalue weighted by Crippen LogP contribution is 2.29. The molecule has 1 aliphatic carbocycles. The van der Waals surface area contributed by atoms with Gasteiger partial charge in [-0.1, -0.05) is 6.42 Å². The van der Waals surface area contributed by atoms with Gasteiger partial charge in [-0.25, -0.2) is 8.78 Å². The lowest BCUT2D eigenvalue weighted by atomic mass is 9.84. The summed E-state index contributed by atoms with van der Waals surface area (Å²) in [4.78, 5) is 16.5. The molecule has 0 spiro atoms. The first-order chi connectivity index (χ1) is 11.0. The van der Waals surface area contributed by atoms with Gasteiger partial charge in [0.15, 0.2) is 0 Å². The van der Waals surface area contributed by atoms with Gasteiger partial charge in [0, 0.05) is 38.2 Å². The number of likely N-dealkylation sites (tertiary alicyclic amines) is 1. The van der Waals surface area contributed by atoms with E-state index in [9.17, 15) is 13.6 Å². The number of carbonyl (C=O) groups excluding carboxylic acids is 1. The van der Waals surface area contributed by atoms with Crippen molar-refractivity contribution in [2.45, 2.75) is 44.7 Å². The average Bonchev–Trinajstić information content (AvgIpc) is 2.43. The minimum atomic E-state index is -0.536. The summed E-state index contributed by atoms with van der Waals surface area (Å²) in [6.45, 7) is 2.20. The number of halogens is 2. The van der Waals surface area contributed by atoms with Crippen molar-refractivity contribution in [1.82, 2.24) is 9.80 Å². The van der Waals surface area contributed by atoms with Crippen LogP contribution in [0.5, 0.6) is 0 Å². The van der Waals surface area contributed by atoms with E-state index in [0.717, 1.165) is 51.3 Å². The zero-order valence-electron chi connectivity index (χ0n) is 13.6. The summed E-state index contributed by atoms with van der Waals surface area (Å²) in [5, 5.41) is 0. The Bertz CT molecular complexity index is 554. The summed E-state index contributed by atoms with van der Waals surface area (Å²) >= 11 is 0. The van der Waals surface area contributed by atoms with E-state index in [0.29, 0.717) is 12.1 Å². The number of nitrogens with zero attached hydrogens (tertiary/aromatic N) is 2. The first-order valence-corrected chi connectivity index (χ1v) is 8.47. The second kappa shape index (κ2) is 6.95. The van der Waals surface area contributed by atoms with Gasteiger partial charge >= 0.3 is 0 Å². The van der Waals surface area contributed by atoms with Gasteiger partial charge in [0.2, 0.25) is 5.91 Å². The van der Waals surface area contributed by atoms with E-state index in [2.05, 4.69) is 4.90 Å². The molecule has 1 saturated heterocycles. The maximum atomic E-state index is 13.3. The van der Waals surface area contributed by atoms with Crippen molar-refractivity contribution in [1.29, 1.82) is 0 Å². The van der Waals surface area contributed by atoms with Crippen molar-refractivity contribution < 1.29 is 13.6 Å². The third-order valence-corrected chi connectivity index (χ3v) is 5.16. The monoisotopic (exact) mass is 322 g/mol. The molecule has 1 saturated carbocycles. The summed E-state index contributed by atoms with van der Waals surface area (Å²) in [7, 11) is 1.90. The van der Waals surface area contributed by atoms with Crippen LogP contribution in [0.3, 0.4) is 0 Å². The lowest BCUT2D eigenvalue weighted by Crippen LogP contribution is -2.50. The maximum Gasteiger partial charge on any atom is 0.225 e. The van der Waals surface area contributed by atoms with Crippen molar-refractivity contribution in [2.75, 3.05) is 20.1 Å². The molecular weight excluding hydrogens is 298 g/mol. The number of rotatable bonds is 4. The highest BCUT2D eigenvalue weighted by molar-refractivity contribution is 5.79. The van der Waals surface area contributed by atoms with E-state index in [4.69, 9.17) is 0 Å². The van der Waals surface area contributed by atoms with Gasteiger partial charge in [-0.15, -0.1) is 0 Å². The molecule has 1 aromatic carbocycles. The van der Waals surface area contributed by atoms with Crippen LogP contribution in [-0.4, -0.2) is 41.9 Å². The molecule has 2 aliphatic rings. The lowest BCUT2D eigenvalue weighted by molar-refractivity contribution is -0.140. The molecule has 0 aromatic heterocycles. The number of benzene rings is 1. The quantitative estimate of drug-likeness (QED) is 0.850. The zero-order valence-corrected chi connectivity index (χ0v) is 13.6. The molecule has 0 bridgehead atoms. The Morgan fingerprint density at radius 2 is 1.87 bits per heavy atom. The van der Waals surface area contributed by atoms with Crippen LogP contribution < -0.4 is 0 Å². The van der Waals surface area contributed by atoms with Gasteiger partial charge in [0.25, 0.3) is 0 Å². The van der Waals surface area contributed by atoms with Crippen LogP contribution in [0, 0.1) is 17.6 Å². The topological polar surface area (TPSA) is 23.6 Å². The minimum Gasteiger partial charge on any atom is -0.341 e. The Labute approximate surface area is 136 Å². The van der Waals surface area contributed by atoms with Crippen LogP contribution in [0.2, 0.25) is 0 Å². The Morgan fingerprint density at radius 3 is 2.48 bits per heavy atom. The molecular formula is C18H24F2N2O. The Hall–Kier alpha value is -1.49. The van der Waals surface area contributed by atoms with Crippen LogP contribution in [0.25, 0.3) is 0 Å². The molecule has 5 heteroatoms. The highest BCUT2D eigenvalue weighted by Gasteiger charge is 2.32. The molecule has 1 heterocycles. The van der Waals surface area contributed by atoms with Gasteiger partial charge in [0.05, 0.1) is 0 Å². The summed E-state index contributed by atoms with van der Waals surface area (Å²) in [6.07, 6.45) is 5.20. The SMILES string of the molecule is CN(C(=O)C1CCC1)C1CCCN(Cc2cc(F)cc(F)c2)C1. The van der Waals surface area contributed by atoms with Crippen LogP contribution in [0.1, 0.15) is 37.7 Å². The Kier molecular flexibility index (Phi) is 4.95. The second-order valence-electron chi connectivity index (χ2n) is 6.89. The normalized spacial score (nSPS) is 22.7. The number of carbonyl (C=O) groups is 1. The number of hydrogen-bond donors (Lipinski definition) is 0. The van der Waals surface area contributed by atoms with Gasteiger partial charge in [-0.2, -0.15) is 0 Å². The van der Waals surface area contributed by atoms with Crippen molar-refractivity contribution in [3.63, 3.8) is 0 Å². The molecule has 2 fully saturated rings. The number of piperidine rings is 1. The van der Waals surface area contributed by atoms with Crippen molar-refractivity contribution in [3.05, 3.63) is 35.4 Å². The van der Waals surface area contributed by atoms with Crippen molar-refractivity contribution in [3.8, 4) is 0 Å². The third kappa shape index (κ3) is 3.89. The summed E-state index contributed by atoms with van der Waals surface area (Å²) in [5.41, 5.74) is 0.649. The minimum absolute atomic E-state index is 0.204. The van der Waals surface area contributed by atoms with Gasteiger partial charge in [0.1, 0.15) is 11.6 Å². The largest absolute Gasteiger partial charge is 0.341 e. The third-order valence-electron chi connectivity index (χ3n) is 5.16. The number of hydrogen-bond acceptors (Lipinski definition) is 2. The standard InChI is InChI=1S/C18H24F2N2O/c1-21(18(23)14-4-2-5-14)17-6-3-7-22(12-17)11-13-8-15(19)10-16(20)9-13/h8-10,14,17H,2-7,11-12H2,1H3. The van der Waals surface area contributed by atoms with Gasteiger partial charge in [-0.05, 0) is 49.9 Å². The van der Waals surface area contributed by atoms with Gasteiger partial charge < -0.3 is 4.90 Å². The van der Waals surface area contributed by atoms with Gasteiger partial charge in [-0.3, -0.25) is 9.69 Å². The fraction of sp³-hybridized carbons (Fsp3) is 0.611. The summed E-state index contributed by atoms with van der Waals surface area (Å²) < 4.78 is 26.6. The molecule has 0 N–H and O–H groups in total. The molecule has 1 aromatic rings. The molecule has 23 heavy (non-hydrogen) atoms. The van der Waals surface area contributed by atoms with E-state index >= 15 is 0 Å². The fourth-order valence-electron chi connectivity index (χ4n) is 3.57. The molecule has 1 amide bonds. The van der Waals surface area contributed by atoms with E-state index < -0.39 is 11.6 Å². The molecule has 3 rings (SSSR count). The van der Waals surface area contributed by atoms with Crippen LogP contribution in [-0.2, 0) is 11.3 Å². The van der Waals surface area contributed by atoms with Crippen LogP contribution in [0.4, 0.5) is 8.78 Å². The van der Waals surface area contributed by atoms with Crippen molar-refractivity contribution >= 4 is 5.91 Å². The molecule has 126 valence electrons. The maximum absolute atomic E-state index is 13.3. The summed E-state index contributed by atoms with van der Waals surface area (Å²) in [5.74, 6) is -0.593. The van der Waals surface area contributed by atoms with E-state index in [-0.39, 0.29) is 17.9 Å². The number of likely N-dealkylation sites (N-methyl/N-ethyl adjacent to an activating group) is 1. The second-order valence-corrected chi connectivity index (χ2v) is 6.89. The van der Waals surface area contributed by atoms with Crippen LogP contribution in [0.15, 0.2) is 18.2 Å². The molecule has 3 nitrogen and oxygen atoms in total. The predicted molar refractivity (Wildman–Crippen MR) is 84.8 cm³/mol.